The summed E-state index contributed by atoms with van der Waals surface area (Å²) < 4.78 is 0. The number of aliphatic carboxylic acids is 1. The Bertz CT molecular complexity index is 544. The summed E-state index contributed by atoms with van der Waals surface area (Å²) in [4.78, 5) is 25.0. The molecule has 0 unspecified atom stereocenters. The number of hydrogen-bond acceptors (Lipinski definition) is 2. The van der Waals surface area contributed by atoms with E-state index in [9.17, 15) is 9.59 Å². The summed E-state index contributed by atoms with van der Waals surface area (Å²) in [5.41, 5.74) is 1.55. The van der Waals surface area contributed by atoms with Gasteiger partial charge < -0.3 is 10.0 Å². The Morgan fingerprint density at radius 3 is 2.86 bits per heavy atom. The highest BCUT2D eigenvalue weighted by Gasteiger charge is 2.25. The van der Waals surface area contributed by atoms with E-state index in [-0.39, 0.29) is 18.2 Å². The van der Waals surface area contributed by atoms with E-state index in [0.717, 1.165) is 24.9 Å². The van der Waals surface area contributed by atoms with Gasteiger partial charge in [-0.25, -0.2) is 0 Å². The minimum Gasteiger partial charge on any atom is -0.481 e. The first-order chi connectivity index (χ1) is 9.97. The van der Waals surface area contributed by atoms with Crippen LogP contribution in [0.5, 0.6) is 0 Å². The van der Waals surface area contributed by atoms with Crippen LogP contribution in [0.2, 0.25) is 5.02 Å². The maximum atomic E-state index is 12.5. The van der Waals surface area contributed by atoms with E-state index < -0.39 is 5.97 Å². The lowest BCUT2D eigenvalue weighted by atomic mass is 9.93. The molecule has 21 heavy (non-hydrogen) atoms. The highest BCUT2D eigenvalue weighted by atomic mass is 35.5. The molecule has 0 bridgehead atoms. The van der Waals surface area contributed by atoms with Crippen molar-refractivity contribution in [1.29, 1.82) is 0 Å². The summed E-state index contributed by atoms with van der Waals surface area (Å²) in [5.74, 6) is -0.514. The van der Waals surface area contributed by atoms with E-state index in [0.29, 0.717) is 23.6 Å². The number of likely N-dealkylation sites (tertiary alicyclic amines) is 1. The van der Waals surface area contributed by atoms with Gasteiger partial charge in [-0.2, -0.15) is 0 Å². The maximum absolute atomic E-state index is 12.5. The van der Waals surface area contributed by atoms with Gasteiger partial charge >= 0.3 is 5.97 Å². The molecule has 1 N–H and O–H groups in total. The van der Waals surface area contributed by atoms with Gasteiger partial charge in [-0.3, -0.25) is 9.59 Å². The molecule has 1 fully saturated rings. The minimum absolute atomic E-state index is 0.0167. The molecule has 4 nitrogen and oxygen atoms in total. The molecule has 0 aliphatic carbocycles. The van der Waals surface area contributed by atoms with Crippen LogP contribution in [0.1, 0.15) is 41.6 Å². The number of halogens is 1. The summed E-state index contributed by atoms with van der Waals surface area (Å²) >= 11 is 6.07. The monoisotopic (exact) mass is 309 g/mol. The molecule has 0 spiro atoms. The fourth-order valence-electron chi connectivity index (χ4n) is 2.72. The van der Waals surface area contributed by atoms with Gasteiger partial charge in [-0.05, 0) is 49.8 Å². The molecule has 1 saturated heterocycles. The Balaban J connectivity index is 2.01. The van der Waals surface area contributed by atoms with Crippen LogP contribution < -0.4 is 0 Å². The molecule has 2 rings (SSSR count). The third-order valence-corrected chi connectivity index (χ3v) is 4.40. The predicted octanol–water partition coefficient (Wildman–Crippen LogP) is 3.37. The summed E-state index contributed by atoms with van der Waals surface area (Å²) in [7, 11) is 0. The molecule has 0 saturated carbocycles. The summed E-state index contributed by atoms with van der Waals surface area (Å²) in [6, 6.07) is 5.35. The molecule has 1 heterocycles. The van der Waals surface area contributed by atoms with Crippen molar-refractivity contribution in [3.63, 3.8) is 0 Å². The second-order valence-corrected chi connectivity index (χ2v) is 6.06. The van der Waals surface area contributed by atoms with Crippen LogP contribution >= 0.6 is 11.6 Å². The smallest absolute Gasteiger partial charge is 0.303 e. The number of nitrogens with zero attached hydrogens (tertiary/aromatic N) is 1. The molecular weight excluding hydrogens is 290 g/mol. The van der Waals surface area contributed by atoms with Crippen molar-refractivity contribution in [2.45, 2.75) is 32.6 Å². The molecule has 1 aliphatic rings. The van der Waals surface area contributed by atoms with Gasteiger partial charge in [0.25, 0.3) is 5.91 Å². The average Bonchev–Trinajstić information content (AvgIpc) is 2.47. The zero-order valence-corrected chi connectivity index (χ0v) is 12.9. The largest absolute Gasteiger partial charge is 0.481 e. The minimum atomic E-state index is -0.774. The second-order valence-electron chi connectivity index (χ2n) is 5.66. The normalized spacial score (nSPS) is 18.6. The van der Waals surface area contributed by atoms with Crippen molar-refractivity contribution in [3.8, 4) is 0 Å². The lowest BCUT2D eigenvalue weighted by Crippen LogP contribution is -2.40. The van der Waals surface area contributed by atoms with Crippen molar-refractivity contribution in [2.24, 2.45) is 5.92 Å². The maximum Gasteiger partial charge on any atom is 0.303 e. The number of benzene rings is 1. The number of hydrogen-bond donors (Lipinski definition) is 1. The molecule has 0 aromatic heterocycles. The Kier molecular flexibility index (Phi) is 5.23. The van der Waals surface area contributed by atoms with E-state index in [4.69, 9.17) is 16.7 Å². The van der Waals surface area contributed by atoms with Crippen molar-refractivity contribution in [1.82, 2.24) is 4.90 Å². The standard InChI is InChI=1S/C16H20ClNO3/c1-11-4-6-13(9-14(11)17)16(21)18-8-2-3-12(10-18)5-7-15(19)20/h4,6,9,12H,2-3,5,7-8,10H2,1H3,(H,19,20)/t12-/m1/s1. The first kappa shape index (κ1) is 15.8. The predicted molar refractivity (Wildman–Crippen MR) is 81.7 cm³/mol. The van der Waals surface area contributed by atoms with Crippen LogP contribution in [-0.4, -0.2) is 35.0 Å². The summed E-state index contributed by atoms with van der Waals surface area (Å²) in [6.45, 7) is 3.27. The van der Waals surface area contributed by atoms with Crippen molar-refractivity contribution in [3.05, 3.63) is 34.3 Å². The molecule has 1 aromatic rings. The molecule has 0 radical (unpaired) electrons. The fourth-order valence-corrected chi connectivity index (χ4v) is 2.90. The van der Waals surface area contributed by atoms with Crippen LogP contribution in [0.15, 0.2) is 18.2 Å². The second kappa shape index (κ2) is 6.94. The Morgan fingerprint density at radius 1 is 1.43 bits per heavy atom. The van der Waals surface area contributed by atoms with Gasteiger partial charge in [0.2, 0.25) is 0 Å². The van der Waals surface area contributed by atoms with E-state index in [2.05, 4.69) is 0 Å². The molecular formula is C16H20ClNO3. The van der Waals surface area contributed by atoms with Crippen LogP contribution in [0.25, 0.3) is 0 Å². The first-order valence-electron chi connectivity index (χ1n) is 7.24. The van der Waals surface area contributed by atoms with Crippen molar-refractivity contribution < 1.29 is 14.7 Å². The lowest BCUT2D eigenvalue weighted by molar-refractivity contribution is -0.137. The summed E-state index contributed by atoms with van der Waals surface area (Å²) in [5, 5.41) is 9.36. The Labute approximate surface area is 129 Å². The average molecular weight is 310 g/mol. The van der Waals surface area contributed by atoms with Crippen LogP contribution in [0.3, 0.4) is 0 Å². The fraction of sp³-hybridized carbons (Fsp3) is 0.500. The number of carbonyl (C=O) groups excluding carboxylic acids is 1. The third kappa shape index (κ3) is 4.21. The highest BCUT2D eigenvalue weighted by Crippen LogP contribution is 2.24. The van der Waals surface area contributed by atoms with Crippen LogP contribution in [0, 0.1) is 12.8 Å². The Hall–Kier alpha value is -1.55. The zero-order valence-electron chi connectivity index (χ0n) is 12.1. The highest BCUT2D eigenvalue weighted by molar-refractivity contribution is 6.31. The van der Waals surface area contributed by atoms with E-state index in [1.807, 2.05) is 17.9 Å². The van der Waals surface area contributed by atoms with Gasteiger partial charge in [-0.15, -0.1) is 0 Å². The third-order valence-electron chi connectivity index (χ3n) is 3.99. The molecule has 1 atom stereocenters. The van der Waals surface area contributed by atoms with E-state index in [1.165, 1.54) is 0 Å². The molecule has 1 aliphatic heterocycles. The van der Waals surface area contributed by atoms with Gasteiger partial charge in [0.15, 0.2) is 0 Å². The topological polar surface area (TPSA) is 57.6 Å². The zero-order chi connectivity index (χ0) is 15.4. The molecule has 1 amide bonds. The Morgan fingerprint density at radius 2 is 2.19 bits per heavy atom. The number of piperidine rings is 1. The summed E-state index contributed by atoms with van der Waals surface area (Å²) in [6.07, 6.45) is 2.72. The number of carboxylic acid groups (broad SMARTS) is 1. The van der Waals surface area contributed by atoms with E-state index in [1.54, 1.807) is 12.1 Å². The number of aryl methyl sites for hydroxylation is 1. The van der Waals surface area contributed by atoms with Gasteiger partial charge in [-0.1, -0.05) is 17.7 Å². The lowest BCUT2D eigenvalue weighted by Gasteiger charge is -2.32. The molecule has 5 heteroatoms. The van der Waals surface area contributed by atoms with E-state index >= 15 is 0 Å². The number of amides is 1. The van der Waals surface area contributed by atoms with Crippen molar-refractivity contribution in [2.75, 3.05) is 13.1 Å². The first-order valence-corrected chi connectivity index (χ1v) is 7.62. The van der Waals surface area contributed by atoms with Crippen molar-refractivity contribution >= 4 is 23.5 Å². The van der Waals surface area contributed by atoms with Gasteiger partial charge in [0, 0.05) is 30.1 Å². The van der Waals surface area contributed by atoms with Gasteiger partial charge in [0.1, 0.15) is 0 Å². The van der Waals surface area contributed by atoms with Crippen LogP contribution in [-0.2, 0) is 4.79 Å². The van der Waals surface area contributed by atoms with Gasteiger partial charge in [0.05, 0.1) is 0 Å². The molecule has 114 valence electrons. The van der Waals surface area contributed by atoms with Crippen LogP contribution in [0.4, 0.5) is 0 Å². The SMILES string of the molecule is Cc1ccc(C(=O)N2CCC[C@H](CCC(=O)O)C2)cc1Cl. The molecule has 1 aromatic carbocycles. The number of rotatable bonds is 4. The quantitative estimate of drug-likeness (QED) is 0.927. The number of carboxylic acids is 1. The number of carbonyl (C=O) groups is 2.